The molecule has 0 aromatic rings. The summed E-state index contributed by atoms with van der Waals surface area (Å²) in [6.45, 7) is 9.08. The normalized spacial score (nSPS) is 34.2. The lowest BCUT2D eigenvalue weighted by Gasteiger charge is -2.38. The van der Waals surface area contributed by atoms with Crippen LogP contribution in [0.15, 0.2) is 0 Å². The van der Waals surface area contributed by atoms with Gasteiger partial charge in [-0.1, -0.05) is 6.92 Å². The Bertz CT molecular complexity index is 216. The Kier molecular flexibility index (Phi) is 5.26. The summed E-state index contributed by atoms with van der Waals surface area (Å²) in [4.78, 5) is 2.72. The molecule has 0 aromatic heterocycles. The number of hydrogen-bond donors (Lipinski definition) is 1. The molecule has 3 nitrogen and oxygen atoms in total. The second-order valence-corrected chi connectivity index (χ2v) is 5.63. The van der Waals surface area contributed by atoms with E-state index >= 15 is 0 Å². The van der Waals surface area contributed by atoms with E-state index in [0.717, 1.165) is 19.3 Å². The minimum atomic E-state index is 0.669. The van der Waals surface area contributed by atoms with Crippen LogP contribution in [-0.2, 0) is 4.74 Å². The lowest BCUT2D eigenvalue weighted by atomic mass is 10.0. The highest BCUT2D eigenvalue weighted by atomic mass is 16.5. The molecule has 100 valence electrons. The van der Waals surface area contributed by atoms with Gasteiger partial charge in [0.25, 0.3) is 0 Å². The molecule has 2 unspecified atom stereocenters. The van der Waals surface area contributed by atoms with Gasteiger partial charge < -0.3 is 15.0 Å². The van der Waals surface area contributed by atoms with E-state index in [4.69, 9.17) is 4.74 Å². The maximum atomic E-state index is 5.47. The van der Waals surface area contributed by atoms with Crippen molar-refractivity contribution in [1.82, 2.24) is 10.2 Å². The van der Waals surface area contributed by atoms with Crippen molar-refractivity contribution in [3.63, 3.8) is 0 Å². The van der Waals surface area contributed by atoms with Crippen LogP contribution >= 0.6 is 0 Å². The maximum Gasteiger partial charge on any atom is 0.0480 e. The first kappa shape index (κ1) is 13.3. The Hall–Kier alpha value is -0.120. The monoisotopic (exact) mass is 240 g/mol. The molecule has 0 aliphatic carbocycles. The number of ether oxygens (including phenoxy) is 1. The molecule has 2 aliphatic heterocycles. The van der Waals surface area contributed by atoms with Gasteiger partial charge in [0.15, 0.2) is 0 Å². The van der Waals surface area contributed by atoms with Crippen LogP contribution in [-0.4, -0.2) is 49.3 Å². The van der Waals surface area contributed by atoms with Gasteiger partial charge in [-0.2, -0.15) is 0 Å². The fourth-order valence-corrected chi connectivity index (χ4v) is 3.10. The molecule has 2 rings (SSSR count). The first-order chi connectivity index (χ1) is 8.29. The Balaban J connectivity index is 1.88. The van der Waals surface area contributed by atoms with E-state index < -0.39 is 0 Å². The molecule has 2 fully saturated rings. The first-order valence-electron chi connectivity index (χ1n) is 7.37. The van der Waals surface area contributed by atoms with Crippen LogP contribution in [0.3, 0.4) is 0 Å². The second-order valence-electron chi connectivity index (χ2n) is 5.63. The van der Waals surface area contributed by atoms with E-state index in [2.05, 4.69) is 24.1 Å². The van der Waals surface area contributed by atoms with Gasteiger partial charge in [-0.15, -0.1) is 0 Å². The van der Waals surface area contributed by atoms with Gasteiger partial charge >= 0.3 is 0 Å². The summed E-state index contributed by atoms with van der Waals surface area (Å²) in [5.41, 5.74) is 0. The first-order valence-corrected chi connectivity index (χ1v) is 7.37. The average molecular weight is 240 g/mol. The Morgan fingerprint density at radius 2 is 1.82 bits per heavy atom. The zero-order valence-corrected chi connectivity index (χ0v) is 11.5. The largest absolute Gasteiger partial charge is 0.381 e. The van der Waals surface area contributed by atoms with Crippen molar-refractivity contribution in [2.45, 2.75) is 64.1 Å². The number of nitrogens with one attached hydrogen (secondary N) is 1. The van der Waals surface area contributed by atoms with E-state index in [1.165, 1.54) is 45.2 Å². The van der Waals surface area contributed by atoms with Crippen molar-refractivity contribution in [2.24, 2.45) is 0 Å². The standard InChI is InChI=1S/C14H28N2O/c1-3-13-5-9-16(8-4-12(2)15-13)14-6-10-17-11-7-14/h12-15H,3-11H2,1-2H3. The lowest BCUT2D eigenvalue weighted by Crippen LogP contribution is -2.48. The molecule has 17 heavy (non-hydrogen) atoms. The summed E-state index contributed by atoms with van der Waals surface area (Å²) in [5, 5.41) is 3.74. The smallest absolute Gasteiger partial charge is 0.0480 e. The molecule has 2 aliphatic rings. The Morgan fingerprint density at radius 1 is 1.12 bits per heavy atom. The summed E-state index contributed by atoms with van der Waals surface area (Å²) in [6, 6.07) is 2.17. The molecule has 3 heteroatoms. The molecule has 0 spiro atoms. The summed E-state index contributed by atoms with van der Waals surface area (Å²) in [5.74, 6) is 0. The SMILES string of the molecule is CCC1CCN(C2CCOCC2)CCC(C)N1. The van der Waals surface area contributed by atoms with Crippen molar-refractivity contribution in [1.29, 1.82) is 0 Å². The van der Waals surface area contributed by atoms with Crippen LogP contribution in [0.2, 0.25) is 0 Å². The predicted molar refractivity (Wildman–Crippen MR) is 71.3 cm³/mol. The third-order valence-corrected chi connectivity index (χ3v) is 4.33. The van der Waals surface area contributed by atoms with Gasteiger partial charge in [0.2, 0.25) is 0 Å². The zero-order valence-electron chi connectivity index (χ0n) is 11.5. The number of hydrogen-bond acceptors (Lipinski definition) is 3. The van der Waals surface area contributed by atoms with Crippen LogP contribution < -0.4 is 5.32 Å². The van der Waals surface area contributed by atoms with Crippen LogP contribution in [0.4, 0.5) is 0 Å². The molecule has 2 heterocycles. The second kappa shape index (κ2) is 6.72. The highest BCUT2D eigenvalue weighted by molar-refractivity contribution is 4.81. The Labute approximate surface area is 106 Å². The van der Waals surface area contributed by atoms with Gasteiger partial charge in [0, 0.05) is 31.3 Å². The average Bonchev–Trinajstić information content (AvgIpc) is 2.35. The summed E-state index contributed by atoms with van der Waals surface area (Å²) in [7, 11) is 0. The number of rotatable bonds is 2. The van der Waals surface area contributed by atoms with E-state index in [9.17, 15) is 0 Å². The number of nitrogens with zero attached hydrogens (tertiary/aromatic N) is 1. The summed E-state index contributed by atoms with van der Waals surface area (Å²) in [6.07, 6.45) is 6.31. The molecule has 1 N–H and O–H groups in total. The van der Waals surface area contributed by atoms with Gasteiger partial charge in [0.1, 0.15) is 0 Å². The van der Waals surface area contributed by atoms with Gasteiger partial charge in [-0.25, -0.2) is 0 Å². The molecule has 0 bridgehead atoms. The van der Waals surface area contributed by atoms with E-state index in [1.807, 2.05) is 0 Å². The van der Waals surface area contributed by atoms with Crippen LogP contribution in [0.1, 0.15) is 46.0 Å². The molecule has 0 radical (unpaired) electrons. The Morgan fingerprint density at radius 3 is 2.53 bits per heavy atom. The minimum absolute atomic E-state index is 0.669. The predicted octanol–water partition coefficient (Wildman–Crippen LogP) is 2.02. The summed E-state index contributed by atoms with van der Waals surface area (Å²) < 4.78 is 5.47. The molecule has 0 saturated carbocycles. The zero-order chi connectivity index (χ0) is 12.1. The van der Waals surface area contributed by atoms with Crippen molar-refractivity contribution < 1.29 is 4.74 Å². The molecule has 0 amide bonds. The molecule has 2 saturated heterocycles. The van der Waals surface area contributed by atoms with E-state index in [1.54, 1.807) is 0 Å². The van der Waals surface area contributed by atoms with Crippen LogP contribution in [0, 0.1) is 0 Å². The highest BCUT2D eigenvalue weighted by Gasteiger charge is 2.24. The van der Waals surface area contributed by atoms with Crippen molar-refractivity contribution in [2.75, 3.05) is 26.3 Å². The maximum absolute atomic E-state index is 5.47. The van der Waals surface area contributed by atoms with Crippen LogP contribution in [0.25, 0.3) is 0 Å². The van der Waals surface area contributed by atoms with Gasteiger partial charge in [-0.3, -0.25) is 0 Å². The third kappa shape index (κ3) is 3.94. The quantitative estimate of drug-likeness (QED) is 0.799. The van der Waals surface area contributed by atoms with Crippen LogP contribution in [0.5, 0.6) is 0 Å². The third-order valence-electron chi connectivity index (χ3n) is 4.33. The van der Waals surface area contributed by atoms with Crippen molar-refractivity contribution in [3.8, 4) is 0 Å². The molecule has 0 aromatic carbocycles. The lowest BCUT2D eigenvalue weighted by molar-refractivity contribution is 0.0286. The van der Waals surface area contributed by atoms with Crippen molar-refractivity contribution in [3.05, 3.63) is 0 Å². The fraction of sp³-hybridized carbons (Fsp3) is 1.00. The topological polar surface area (TPSA) is 24.5 Å². The van der Waals surface area contributed by atoms with E-state index in [0.29, 0.717) is 12.1 Å². The molecular weight excluding hydrogens is 212 g/mol. The van der Waals surface area contributed by atoms with E-state index in [-0.39, 0.29) is 0 Å². The minimum Gasteiger partial charge on any atom is -0.381 e. The fourth-order valence-electron chi connectivity index (χ4n) is 3.10. The van der Waals surface area contributed by atoms with Crippen molar-refractivity contribution >= 4 is 0 Å². The summed E-state index contributed by atoms with van der Waals surface area (Å²) >= 11 is 0. The molecule has 2 atom stereocenters. The highest BCUT2D eigenvalue weighted by Crippen LogP contribution is 2.18. The van der Waals surface area contributed by atoms with Gasteiger partial charge in [-0.05, 0) is 52.1 Å². The molecular formula is C14H28N2O. The van der Waals surface area contributed by atoms with Gasteiger partial charge in [0.05, 0.1) is 0 Å².